The predicted octanol–water partition coefficient (Wildman–Crippen LogP) is 15.2. The van der Waals surface area contributed by atoms with Crippen molar-refractivity contribution in [2.24, 2.45) is 0 Å². The molecule has 1 nitrogen and oxygen atoms in total. The Bertz CT molecular complexity index is 2970. The summed E-state index contributed by atoms with van der Waals surface area (Å²) < 4.78 is 0. The lowest BCUT2D eigenvalue weighted by Gasteiger charge is -2.34. The van der Waals surface area contributed by atoms with Gasteiger partial charge in [-0.05, 0) is 97.1 Å². The maximum Gasteiger partial charge on any atom is 0.0713 e. The molecule has 2 aliphatic carbocycles. The second-order valence-electron chi connectivity index (χ2n) is 16.4. The molecule has 0 fully saturated rings. The van der Waals surface area contributed by atoms with Crippen LogP contribution in [0.1, 0.15) is 47.2 Å². The Hall–Kier alpha value is -7.22. The average molecular weight is 754 g/mol. The number of fused-ring (bicyclic) bond motifs is 6. The van der Waals surface area contributed by atoms with Gasteiger partial charge in [0.15, 0.2) is 0 Å². The van der Waals surface area contributed by atoms with Crippen molar-refractivity contribution >= 4 is 17.1 Å². The standard InChI is InChI=1S/C58H43N/c1-57(2)50-29-13-11-28-49(50)56-53(57)32-18-34-55(56)59(45-37-35-41(36-38-45)40-19-5-3-6-20-40)54-33-16-12-25-46(54)42-21-17-24-44(39-42)58(43-22-7-4-8-23-43)51-30-14-9-26-47(51)48-27-10-15-31-52(48)58/h3-39H,1-2H3. The number of benzene rings is 9. The van der Waals surface area contributed by atoms with Crippen LogP contribution in [0.4, 0.5) is 17.1 Å². The van der Waals surface area contributed by atoms with Crippen LogP contribution in [0, 0.1) is 0 Å². The van der Waals surface area contributed by atoms with Gasteiger partial charge in [-0.15, -0.1) is 0 Å². The molecule has 0 saturated carbocycles. The summed E-state index contributed by atoms with van der Waals surface area (Å²) >= 11 is 0. The number of hydrogen-bond acceptors (Lipinski definition) is 1. The molecule has 0 radical (unpaired) electrons. The summed E-state index contributed by atoms with van der Waals surface area (Å²) in [5.74, 6) is 0. The van der Waals surface area contributed by atoms with Crippen LogP contribution < -0.4 is 4.90 Å². The van der Waals surface area contributed by atoms with Gasteiger partial charge in [0.05, 0.1) is 16.8 Å². The highest BCUT2D eigenvalue weighted by Gasteiger charge is 2.46. The van der Waals surface area contributed by atoms with Crippen molar-refractivity contribution in [2.75, 3.05) is 4.90 Å². The van der Waals surface area contributed by atoms with Crippen molar-refractivity contribution in [3.05, 3.63) is 258 Å². The molecule has 0 atom stereocenters. The summed E-state index contributed by atoms with van der Waals surface area (Å²) in [6.07, 6.45) is 0. The molecule has 0 bridgehead atoms. The van der Waals surface area contributed by atoms with E-state index in [0.717, 1.165) is 11.4 Å². The molecule has 0 saturated heterocycles. The van der Waals surface area contributed by atoms with Gasteiger partial charge in [0.2, 0.25) is 0 Å². The SMILES string of the molecule is CC1(C)c2ccccc2-c2c(N(c3ccc(-c4ccccc4)cc3)c3ccccc3-c3cccc(C4(c5ccccc5)c5ccccc5-c5ccccc54)c3)cccc21. The van der Waals surface area contributed by atoms with Gasteiger partial charge in [-0.25, -0.2) is 0 Å². The maximum atomic E-state index is 2.50. The van der Waals surface area contributed by atoms with Crippen LogP contribution in [0.5, 0.6) is 0 Å². The van der Waals surface area contributed by atoms with Gasteiger partial charge in [0, 0.05) is 22.2 Å². The largest absolute Gasteiger partial charge is 0.309 e. The number of para-hydroxylation sites is 1. The molecule has 0 aromatic heterocycles. The van der Waals surface area contributed by atoms with E-state index in [2.05, 4.69) is 243 Å². The van der Waals surface area contributed by atoms with Crippen molar-refractivity contribution < 1.29 is 0 Å². The van der Waals surface area contributed by atoms with Gasteiger partial charge in [-0.3, -0.25) is 0 Å². The Morgan fingerprint density at radius 2 is 0.797 bits per heavy atom. The minimum atomic E-state index is -0.484. The molecule has 1 heteroatoms. The number of hydrogen-bond donors (Lipinski definition) is 0. The molecule has 11 rings (SSSR count). The van der Waals surface area contributed by atoms with Gasteiger partial charge < -0.3 is 4.90 Å². The van der Waals surface area contributed by atoms with Crippen LogP contribution in [-0.2, 0) is 10.8 Å². The van der Waals surface area contributed by atoms with E-state index in [0.29, 0.717) is 0 Å². The van der Waals surface area contributed by atoms with Crippen LogP contribution >= 0.6 is 0 Å². The Balaban J connectivity index is 1.14. The Morgan fingerprint density at radius 3 is 1.49 bits per heavy atom. The highest BCUT2D eigenvalue weighted by molar-refractivity contribution is 5.98. The predicted molar refractivity (Wildman–Crippen MR) is 247 cm³/mol. The Labute approximate surface area is 347 Å². The van der Waals surface area contributed by atoms with Crippen molar-refractivity contribution in [1.82, 2.24) is 0 Å². The first-order valence-corrected chi connectivity index (χ1v) is 20.7. The third-order valence-electron chi connectivity index (χ3n) is 13.0. The van der Waals surface area contributed by atoms with Crippen molar-refractivity contribution in [2.45, 2.75) is 24.7 Å². The molecule has 9 aromatic rings. The average Bonchev–Trinajstić information content (AvgIpc) is 3.74. The molecule has 59 heavy (non-hydrogen) atoms. The van der Waals surface area contributed by atoms with Gasteiger partial charge in [-0.2, -0.15) is 0 Å². The fraction of sp³-hybridized carbons (Fsp3) is 0.0690. The summed E-state index contributed by atoms with van der Waals surface area (Å²) in [7, 11) is 0. The van der Waals surface area contributed by atoms with E-state index >= 15 is 0 Å². The molecular weight excluding hydrogens is 711 g/mol. The summed E-state index contributed by atoms with van der Waals surface area (Å²) in [6.45, 7) is 4.73. The molecule has 0 aliphatic heterocycles. The quantitative estimate of drug-likeness (QED) is 0.157. The first-order chi connectivity index (χ1) is 29.0. The molecule has 0 spiro atoms. The molecular formula is C58H43N. The first-order valence-electron chi connectivity index (χ1n) is 20.7. The molecule has 0 N–H and O–H groups in total. The third kappa shape index (κ3) is 5.31. The van der Waals surface area contributed by atoms with E-state index in [1.807, 2.05) is 0 Å². The molecule has 280 valence electrons. The highest BCUT2D eigenvalue weighted by atomic mass is 15.1. The lowest BCUT2D eigenvalue weighted by Crippen LogP contribution is -2.28. The van der Waals surface area contributed by atoms with Crippen LogP contribution in [-0.4, -0.2) is 0 Å². The summed E-state index contributed by atoms with van der Waals surface area (Å²) in [4.78, 5) is 2.50. The molecule has 0 heterocycles. The van der Waals surface area contributed by atoms with Crippen LogP contribution in [0.25, 0.3) is 44.5 Å². The Morgan fingerprint density at radius 1 is 0.322 bits per heavy atom. The smallest absolute Gasteiger partial charge is 0.0713 e. The monoisotopic (exact) mass is 753 g/mol. The minimum Gasteiger partial charge on any atom is -0.309 e. The first kappa shape index (κ1) is 35.0. The second-order valence-corrected chi connectivity index (χ2v) is 16.4. The summed E-state index contributed by atoms with van der Waals surface area (Å²) in [5, 5.41) is 0. The summed E-state index contributed by atoms with van der Waals surface area (Å²) in [5.41, 5.74) is 20.6. The molecule has 0 amide bonds. The fourth-order valence-corrected chi connectivity index (χ4v) is 10.3. The van der Waals surface area contributed by atoms with Gasteiger partial charge >= 0.3 is 0 Å². The molecule has 2 aliphatic rings. The number of nitrogens with zero attached hydrogens (tertiary/aromatic N) is 1. The van der Waals surface area contributed by atoms with Gasteiger partial charge in [-0.1, -0.05) is 208 Å². The second kappa shape index (κ2) is 13.7. The third-order valence-corrected chi connectivity index (χ3v) is 13.0. The van der Waals surface area contributed by atoms with Gasteiger partial charge in [0.1, 0.15) is 0 Å². The molecule has 0 unspecified atom stereocenters. The normalized spacial score (nSPS) is 13.9. The highest BCUT2D eigenvalue weighted by Crippen LogP contribution is 2.58. The van der Waals surface area contributed by atoms with E-state index in [-0.39, 0.29) is 5.41 Å². The van der Waals surface area contributed by atoms with Crippen LogP contribution in [0.3, 0.4) is 0 Å². The zero-order valence-corrected chi connectivity index (χ0v) is 33.3. The van der Waals surface area contributed by atoms with E-state index in [9.17, 15) is 0 Å². The lowest BCUT2D eigenvalue weighted by atomic mass is 9.67. The van der Waals surface area contributed by atoms with Crippen LogP contribution in [0.2, 0.25) is 0 Å². The topological polar surface area (TPSA) is 3.24 Å². The zero-order chi connectivity index (χ0) is 39.6. The summed E-state index contributed by atoms with van der Waals surface area (Å²) in [6, 6.07) is 83.0. The maximum absolute atomic E-state index is 2.50. The Kier molecular flexibility index (Phi) is 8.13. The van der Waals surface area contributed by atoms with E-state index in [4.69, 9.17) is 0 Å². The number of anilines is 3. The van der Waals surface area contributed by atoms with E-state index in [1.54, 1.807) is 0 Å². The van der Waals surface area contributed by atoms with E-state index < -0.39 is 5.41 Å². The van der Waals surface area contributed by atoms with Crippen molar-refractivity contribution in [3.8, 4) is 44.5 Å². The van der Waals surface area contributed by atoms with Crippen LogP contribution in [0.15, 0.2) is 224 Å². The van der Waals surface area contributed by atoms with Crippen molar-refractivity contribution in [3.63, 3.8) is 0 Å². The number of rotatable bonds is 7. The van der Waals surface area contributed by atoms with Gasteiger partial charge in [0.25, 0.3) is 0 Å². The minimum absolute atomic E-state index is 0.127. The zero-order valence-electron chi connectivity index (χ0n) is 33.3. The van der Waals surface area contributed by atoms with Crippen molar-refractivity contribution in [1.29, 1.82) is 0 Å². The lowest BCUT2D eigenvalue weighted by molar-refractivity contribution is 0.660. The molecule has 9 aromatic carbocycles. The fourth-order valence-electron chi connectivity index (χ4n) is 10.3. The van der Waals surface area contributed by atoms with E-state index in [1.165, 1.54) is 83.6 Å².